The van der Waals surface area contributed by atoms with Crippen molar-refractivity contribution in [2.75, 3.05) is 13.2 Å². The SMILES string of the molecule is CCN1C(=O)OCC1C(C)(C)SN=O. The summed E-state index contributed by atoms with van der Waals surface area (Å²) in [6.07, 6.45) is -0.308. The van der Waals surface area contributed by atoms with Crippen LogP contribution in [0.3, 0.4) is 0 Å². The molecule has 1 heterocycles. The molecular formula is C8H14N2O3S. The fourth-order valence-corrected chi connectivity index (χ4v) is 2.04. The number of amides is 1. The minimum absolute atomic E-state index is 0.0808. The number of hydrogen-bond donors (Lipinski definition) is 0. The highest BCUT2D eigenvalue weighted by Crippen LogP contribution is 2.34. The lowest BCUT2D eigenvalue weighted by molar-refractivity contribution is 0.158. The third kappa shape index (κ3) is 2.00. The molecule has 0 aromatic heterocycles. The molecule has 14 heavy (non-hydrogen) atoms. The fourth-order valence-electron chi connectivity index (χ4n) is 1.53. The predicted octanol–water partition coefficient (Wildman–Crippen LogP) is 2.02. The monoisotopic (exact) mass is 218 g/mol. The second-order valence-electron chi connectivity index (χ2n) is 3.65. The minimum Gasteiger partial charge on any atom is -0.447 e. The first-order valence-electron chi connectivity index (χ1n) is 4.47. The number of nitroso groups, excluding NO2 is 1. The lowest BCUT2D eigenvalue weighted by atomic mass is 10.0. The predicted molar refractivity (Wildman–Crippen MR) is 55.0 cm³/mol. The molecule has 1 fully saturated rings. The first-order valence-corrected chi connectivity index (χ1v) is 5.24. The molecule has 1 saturated heterocycles. The topological polar surface area (TPSA) is 59.0 Å². The highest BCUT2D eigenvalue weighted by Gasteiger charge is 2.43. The van der Waals surface area contributed by atoms with Gasteiger partial charge in [-0.05, 0) is 20.8 Å². The molecule has 0 spiro atoms. The van der Waals surface area contributed by atoms with E-state index in [0.717, 1.165) is 11.9 Å². The number of nitrogens with zero attached hydrogens (tertiary/aromatic N) is 2. The summed E-state index contributed by atoms with van der Waals surface area (Å²) >= 11 is 0.948. The Hall–Kier alpha value is -0.780. The van der Waals surface area contributed by atoms with Gasteiger partial charge in [-0.2, -0.15) is 0 Å². The van der Waals surface area contributed by atoms with Gasteiger partial charge in [-0.3, -0.25) is 0 Å². The number of ether oxygens (including phenoxy) is 1. The highest BCUT2D eigenvalue weighted by molar-refractivity contribution is 7.99. The van der Waals surface area contributed by atoms with Gasteiger partial charge in [-0.15, -0.1) is 4.91 Å². The quantitative estimate of drug-likeness (QED) is 0.535. The smallest absolute Gasteiger partial charge is 0.410 e. The second kappa shape index (κ2) is 4.16. The number of rotatable bonds is 4. The number of likely N-dealkylation sites (N-methyl/N-ethyl adjacent to an activating group) is 1. The normalized spacial score (nSPS) is 22.4. The Morgan fingerprint density at radius 3 is 2.86 bits per heavy atom. The van der Waals surface area contributed by atoms with Gasteiger partial charge in [0.2, 0.25) is 0 Å². The zero-order valence-corrected chi connectivity index (χ0v) is 9.34. The van der Waals surface area contributed by atoms with Crippen LogP contribution in [0.25, 0.3) is 0 Å². The van der Waals surface area contributed by atoms with Crippen LogP contribution in [0, 0.1) is 4.91 Å². The van der Waals surface area contributed by atoms with E-state index in [4.69, 9.17) is 4.74 Å². The van der Waals surface area contributed by atoms with Gasteiger partial charge < -0.3 is 9.64 Å². The summed E-state index contributed by atoms with van der Waals surface area (Å²) in [5, 5.41) is 0. The van der Waals surface area contributed by atoms with Crippen molar-refractivity contribution in [2.24, 2.45) is 4.58 Å². The molecule has 1 unspecified atom stereocenters. The third-order valence-corrected chi connectivity index (χ3v) is 3.21. The Kier molecular flexibility index (Phi) is 3.36. The summed E-state index contributed by atoms with van der Waals surface area (Å²) in [5.41, 5.74) is 0. The van der Waals surface area contributed by atoms with E-state index >= 15 is 0 Å². The van der Waals surface area contributed by atoms with E-state index in [1.807, 2.05) is 20.8 Å². The van der Waals surface area contributed by atoms with Crippen molar-refractivity contribution in [1.29, 1.82) is 0 Å². The van der Waals surface area contributed by atoms with Crippen molar-refractivity contribution in [3.63, 3.8) is 0 Å². The van der Waals surface area contributed by atoms with Crippen molar-refractivity contribution in [3.05, 3.63) is 4.91 Å². The molecule has 0 aromatic rings. The molecular weight excluding hydrogens is 204 g/mol. The molecule has 0 radical (unpaired) electrons. The first-order chi connectivity index (χ1) is 6.53. The van der Waals surface area contributed by atoms with E-state index in [0.29, 0.717) is 13.2 Å². The van der Waals surface area contributed by atoms with Crippen molar-refractivity contribution < 1.29 is 9.53 Å². The van der Waals surface area contributed by atoms with Crippen LogP contribution in [-0.4, -0.2) is 34.9 Å². The molecule has 1 amide bonds. The summed E-state index contributed by atoms with van der Waals surface area (Å²) in [4.78, 5) is 23.1. The van der Waals surface area contributed by atoms with E-state index in [-0.39, 0.29) is 12.1 Å². The average molecular weight is 218 g/mol. The first kappa shape index (κ1) is 11.3. The number of carbonyl (C=O) groups is 1. The van der Waals surface area contributed by atoms with Crippen LogP contribution < -0.4 is 0 Å². The number of carbonyl (C=O) groups excluding carboxylic acids is 1. The molecule has 0 aliphatic carbocycles. The van der Waals surface area contributed by atoms with Crippen LogP contribution >= 0.6 is 11.9 Å². The Labute approximate surface area is 87.3 Å². The van der Waals surface area contributed by atoms with E-state index in [1.165, 1.54) is 0 Å². The van der Waals surface area contributed by atoms with E-state index in [9.17, 15) is 9.70 Å². The second-order valence-corrected chi connectivity index (χ2v) is 5.03. The summed E-state index contributed by atoms with van der Waals surface area (Å²) in [5.74, 6) is 0. The molecule has 0 bridgehead atoms. The maximum absolute atomic E-state index is 11.3. The van der Waals surface area contributed by atoms with Gasteiger partial charge >= 0.3 is 6.09 Å². The van der Waals surface area contributed by atoms with Gasteiger partial charge in [0.1, 0.15) is 6.61 Å². The van der Waals surface area contributed by atoms with Gasteiger partial charge in [0.05, 0.1) is 10.8 Å². The average Bonchev–Trinajstić information content (AvgIpc) is 2.47. The maximum Gasteiger partial charge on any atom is 0.410 e. The highest BCUT2D eigenvalue weighted by atomic mass is 32.2. The summed E-state index contributed by atoms with van der Waals surface area (Å²) < 4.78 is 7.35. The van der Waals surface area contributed by atoms with Crippen LogP contribution in [-0.2, 0) is 4.74 Å². The van der Waals surface area contributed by atoms with Crippen LogP contribution in [0.15, 0.2) is 4.58 Å². The minimum atomic E-state index is -0.399. The molecule has 1 aliphatic heterocycles. The molecule has 1 aliphatic rings. The van der Waals surface area contributed by atoms with E-state index in [2.05, 4.69) is 4.58 Å². The van der Waals surface area contributed by atoms with Crippen molar-refractivity contribution in [1.82, 2.24) is 4.90 Å². The maximum atomic E-state index is 11.3. The Morgan fingerprint density at radius 1 is 1.71 bits per heavy atom. The van der Waals surface area contributed by atoms with E-state index in [1.54, 1.807) is 4.90 Å². The molecule has 0 aromatic carbocycles. The fraction of sp³-hybridized carbons (Fsp3) is 0.875. The van der Waals surface area contributed by atoms with Crippen molar-refractivity contribution in [3.8, 4) is 0 Å². The van der Waals surface area contributed by atoms with Crippen molar-refractivity contribution in [2.45, 2.75) is 31.6 Å². The lowest BCUT2D eigenvalue weighted by Gasteiger charge is -2.31. The Morgan fingerprint density at radius 2 is 2.36 bits per heavy atom. The molecule has 6 heteroatoms. The molecule has 5 nitrogen and oxygen atoms in total. The summed E-state index contributed by atoms with van der Waals surface area (Å²) in [6.45, 7) is 6.58. The zero-order chi connectivity index (χ0) is 10.8. The molecule has 0 saturated carbocycles. The molecule has 1 atom stereocenters. The van der Waals surface area contributed by atoms with Gasteiger partial charge in [0.25, 0.3) is 0 Å². The largest absolute Gasteiger partial charge is 0.447 e. The standard InChI is InChI=1S/C8H14N2O3S/c1-4-10-6(5-13-7(10)11)8(2,3)14-9-12/h6H,4-5H2,1-3H3. The molecule has 80 valence electrons. The van der Waals surface area contributed by atoms with Gasteiger partial charge in [0.15, 0.2) is 0 Å². The Balaban J connectivity index is 2.76. The van der Waals surface area contributed by atoms with E-state index < -0.39 is 4.75 Å². The van der Waals surface area contributed by atoms with Crippen LogP contribution in [0.4, 0.5) is 4.79 Å². The number of cyclic esters (lactones) is 1. The summed E-state index contributed by atoms with van der Waals surface area (Å²) in [6, 6.07) is -0.0808. The summed E-state index contributed by atoms with van der Waals surface area (Å²) in [7, 11) is 0. The van der Waals surface area contributed by atoms with Gasteiger partial charge in [0, 0.05) is 23.1 Å². The van der Waals surface area contributed by atoms with Crippen LogP contribution in [0.5, 0.6) is 0 Å². The lowest BCUT2D eigenvalue weighted by Crippen LogP contribution is -2.45. The molecule has 0 N–H and O–H groups in total. The van der Waals surface area contributed by atoms with Crippen molar-refractivity contribution >= 4 is 18.0 Å². The number of hydrogen-bond acceptors (Lipinski definition) is 5. The van der Waals surface area contributed by atoms with Gasteiger partial charge in [-0.25, -0.2) is 4.79 Å². The Bertz CT molecular complexity index is 245. The van der Waals surface area contributed by atoms with Crippen LogP contribution in [0.2, 0.25) is 0 Å². The van der Waals surface area contributed by atoms with Crippen LogP contribution in [0.1, 0.15) is 20.8 Å². The molecule has 1 rings (SSSR count). The third-order valence-electron chi connectivity index (χ3n) is 2.39. The zero-order valence-electron chi connectivity index (χ0n) is 8.52. The van der Waals surface area contributed by atoms with Gasteiger partial charge in [-0.1, -0.05) is 0 Å².